The number of nitrogens with one attached hydrogen (secondary N) is 1. The molecule has 1 N–H and O–H groups in total. The lowest BCUT2D eigenvalue weighted by atomic mass is 10.1. The van der Waals surface area contributed by atoms with E-state index >= 15 is 0 Å². The van der Waals surface area contributed by atoms with Gasteiger partial charge in [0.25, 0.3) is 0 Å². The summed E-state index contributed by atoms with van der Waals surface area (Å²) in [5, 5.41) is 3.93. The maximum Gasteiger partial charge on any atom is 0.125 e. The van der Waals surface area contributed by atoms with Crippen molar-refractivity contribution in [1.29, 1.82) is 0 Å². The average Bonchev–Trinajstić information content (AvgIpc) is 2.41. The smallest absolute Gasteiger partial charge is 0.125 e. The van der Waals surface area contributed by atoms with Crippen LogP contribution >= 0.6 is 11.8 Å². The molecule has 1 saturated heterocycles. The summed E-state index contributed by atoms with van der Waals surface area (Å²) in [7, 11) is 0. The second-order valence-corrected chi connectivity index (χ2v) is 6.99. The quantitative estimate of drug-likeness (QED) is 0.835. The van der Waals surface area contributed by atoms with Crippen molar-refractivity contribution in [3.63, 3.8) is 0 Å². The van der Waals surface area contributed by atoms with Crippen molar-refractivity contribution in [2.45, 2.75) is 45.0 Å². The lowest BCUT2D eigenvalue weighted by Crippen LogP contribution is -2.44. The van der Waals surface area contributed by atoms with Crippen molar-refractivity contribution < 1.29 is 4.39 Å². The molecule has 0 bridgehead atoms. The van der Waals surface area contributed by atoms with E-state index in [0.29, 0.717) is 11.3 Å². The van der Waals surface area contributed by atoms with E-state index in [9.17, 15) is 4.39 Å². The maximum atomic E-state index is 13.9. The van der Waals surface area contributed by atoms with Gasteiger partial charge in [-0.25, -0.2) is 4.39 Å². The van der Waals surface area contributed by atoms with Crippen molar-refractivity contribution >= 4 is 17.4 Å². The number of thioether (sulfide) groups is 1. The van der Waals surface area contributed by atoms with Crippen LogP contribution in [-0.2, 0) is 6.54 Å². The average molecular weight is 296 g/mol. The zero-order valence-corrected chi connectivity index (χ0v) is 13.5. The number of hydrogen-bond acceptors (Lipinski definition) is 3. The Bertz CT molecular complexity index is 438. The van der Waals surface area contributed by atoms with Crippen LogP contribution in [0.2, 0.25) is 0 Å². The highest BCUT2D eigenvalue weighted by Gasteiger charge is 2.25. The van der Waals surface area contributed by atoms with Crippen molar-refractivity contribution in [3.05, 3.63) is 29.6 Å². The minimum atomic E-state index is -0.131. The van der Waals surface area contributed by atoms with E-state index < -0.39 is 0 Å². The third-order valence-corrected chi connectivity index (χ3v) is 5.25. The van der Waals surface area contributed by atoms with Gasteiger partial charge in [-0.15, -0.1) is 0 Å². The predicted molar refractivity (Wildman–Crippen MR) is 87.1 cm³/mol. The van der Waals surface area contributed by atoms with E-state index in [4.69, 9.17) is 0 Å². The molecule has 2 rings (SSSR count). The lowest BCUT2D eigenvalue weighted by molar-refractivity contribution is 0.604. The molecule has 0 radical (unpaired) electrons. The molecule has 1 heterocycles. The summed E-state index contributed by atoms with van der Waals surface area (Å²) in [5.74, 6) is 0.986. The van der Waals surface area contributed by atoms with E-state index in [0.717, 1.165) is 43.1 Å². The van der Waals surface area contributed by atoms with Gasteiger partial charge in [0.05, 0.1) is 0 Å². The zero-order valence-electron chi connectivity index (χ0n) is 12.7. The van der Waals surface area contributed by atoms with E-state index in [-0.39, 0.29) is 5.82 Å². The Hall–Kier alpha value is -0.740. The zero-order chi connectivity index (χ0) is 14.5. The molecule has 2 atom stereocenters. The Balaban J connectivity index is 2.14. The van der Waals surface area contributed by atoms with Crippen molar-refractivity contribution in [2.24, 2.45) is 0 Å². The Morgan fingerprint density at radius 1 is 1.35 bits per heavy atom. The molecule has 1 fully saturated rings. The first-order valence-electron chi connectivity index (χ1n) is 7.50. The molecule has 2 nitrogen and oxygen atoms in total. The van der Waals surface area contributed by atoms with Crippen molar-refractivity contribution in [1.82, 2.24) is 5.32 Å². The van der Waals surface area contributed by atoms with Crippen LogP contribution in [0.15, 0.2) is 18.2 Å². The summed E-state index contributed by atoms with van der Waals surface area (Å²) >= 11 is 2.00. The third kappa shape index (κ3) is 3.89. The molecule has 4 heteroatoms. The molecule has 0 saturated carbocycles. The Morgan fingerprint density at radius 3 is 2.90 bits per heavy atom. The Labute approximate surface area is 126 Å². The van der Waals surface area contributed by atoms with Crippen molar-refractivity contribution in [3.8, 4) is 0 Å². The number of hydrogen-bond donors (Lipinski definition) is 1. The summed E-state index contributed by atoms with van der Waals surface area (Å²) in [6, 6.07) is 5.89. The second-order valence-electron chi connectivity index (χ2n) is 5.50. The highest BCUT2D eigenvalue weighted by molar-refractivity contribution is 8.00. The van der Waals surface area contributed by atoms with Gasteiger partial charge in [-0.2, -0.15) is 11.8 Å². The van der Waals surface area contributed by atoms with Crippen LogP contribution in [0.5, 0.6) is 0 Å². The molecular weight excluding hydrogens is 271 g/mol. The number of benzene rings is 1. The Kier molecular flexibility index (Phi) is 5.73. The fourth-order valence-electron chi connectivity index (χ4n) is 2.61. The van der Waals surface area contributed by atoms with Crippen LogP contribution in [-0.4, -0.2) is 30.1 Å². The van der Waals surface area contributed by atoms with Gasteiger partial charge in [-0.1, -0.05) is 13.8 Å². The highest BCUT2D eigenvalue weighted by atomic mass is 32.2. The molecule has 1 aromatic rings. The topological polar surface area (TPSA) is 15.3 Å². The molecule has 1 aliphatic rings. The standard InChI is InChI=1S/C16H25FN2S/c1-4-5-18-11-14-8-15(17)10-16(9-14)19-6-7-20-13(3)12(19)2/h8-10,12-13,18H,4-7,11H2,1-3H3. The van der Waals surface area contributed by atoms with E-state index in [2.05, 4.69) is 37.1 Å². The lowest BCUT2D eigenvalue weighted by Gasteiger charge is -2.39. The van der Waals surface area contributed by atoms with Gasteiger partial charge in [-0.3, -0.25) is 0 Å². The molecule has 0 aromatic heterocycles. The molecule has 2 unspecified atom stereocenters. The highest BCUT2D eigenvalue weighted by Crippen LogP contribution is 2.30. The molecule has 112 valence electrons. The SMILES string of the molecule is CCCNCc1cc(F)cc(N2CCSC(C)C2C)c1. The van der Waals surface area contributed by atoms with E-state index in [1.165, 1.54) is 0 Å². The van der Waals surface area contributed by atoms with Gasteiger partial charge < -0.3 is 10.2 Å². The third-order valence-electron chi connectivity index (χ3n) is 3.91. The molecule has 0 amide bonds. The van der Waals surface area contributed by atoms with Crippen LogP contribution in [0.4, 0.5) is 10.1 Å². The fourth-order valence-corrected chi connectivity index (χ4v) is 3.71. The largest absolute Gasteiger partial charge is 0.367 e. The van der Waals surface area contributed by atoms with Gasteiger partial charge in [0.1, 0.15) is 5.82 Å². The first-order valence-corrected chi connectivity index (χ1v) is 8.55. The van der Waals surface area contributed by atoms with Gasteiger partial charge >= 0.3 is 0 Å². The van der Waals surface area contributed by atoms with Crippen LogP contribution < -0.4 is 10.2 Å². The molecule has 0 spiro atoms. The minimum absolute atomic E-state index is 0.131. The molecule has 1 aromatic carbocycles. The summed E-state index contributed by atoms with van der Waals surface area (Å²) in [6.07, 6.45) is 1.10. The first kappa shape index (κ1) is 15.6. The first-order chi connectivity index (χ1) is 9.61. The molecule has 1 aliphatic heterocycles. The second kappa shape index (κ2) is 7.32. The molecule has 0 aliphatic carbocycles. The number of anilines is 1. The summed E-state index contributed by atoms with van der Waals surface area (Å²) in [5.41, 5.74) is 2.06. The van der Waals surface area contributed by atoms with Gasteiger partial charge in [0.15, 0.2) is 0 Å². The molecular formula is C16H25FN2S. The predicted octanol–water partition coefficient (Wildman–Crippen LogP) is 3.66. The number of rotatable bonds is 5. The number of nitrogens with zero attached hydrogens (tertiary/aromatic N) is 1. The number of halogens is 1. The van der Waals surface area contributed by atoms with E-state index in [1.807, 2.05) is 11.8 Å². The van der Waals surface area contributed by atoms with Gasteiger partial charge in [0, 0.05) is 35.8 Å². The fraction of sp³-hybridized carbons (Fsp3) is 0.625. The van der Waals surface area contributed by atoms with Gasteiger partial charge in [-0.05, 0) is 43.7 Å². The Morgan fingerprint density at radius 2 is 2.15 bits per heavy atom. The summed E-state index contributed by atoms with van der Waals surface area (Å²) in [4.78, 5) is 2.34. The molecule has 20 heavy (non-hydrogen) atoms. The van der Waals surface area contributed by atoms with Crippen LogP contribution in [0.25, 0.3) is 0 Å². The van der Waals surface area contributed by atoms with E-state index in [1.54, 1.807) is 12.1 Å². The summed E-state index contributed by atoms with van der Waals surface area (Å²) < 4.78 is 13.9. The maximum absolute atomic E-state index is 13.9. The van der Waals surface area contributed by atoms with Crippen LogP contribution in [0.3, 0.4) is 0 Å². The van der Waals surface area contributed by atoms with Crippen molar-refractivity contribution in [2.75, 3.05) is 23.7 Å². The van der Waals surface area contributed by atoms with Crippen LogP contribution in [0, 0.1) is 5.82 Å². The normalized spacial score (nSPS) is 23.1. The summed E-state index contributed by atoms with van der Waals surface area (Å²) in [6.45, 7) is 9.34. The van der Waals surface area contributed by atoms with Gasteiger partial charge in [0.2, 0.25) is 0 Å². The monoisotopic (exact) mass is 296 g/mol. The minimum Gasteiger partial charge on any atom is -0.367 e. The van der Waals surface area contributed by atoms with Crippen LogP contribution in [0.1, 0.15) is 32.8 Å².